The second kappa shape index (κ2) is 5.51. The van der Waals surface area contributed by atoms with Crippen LogP contribution >= 0.6 is 0 Å². The Labute approximate surface area is 134 Å². The second-order valence-corrected chi connectivity index (χ2v) is 6.55. The van der Waals surface area contributed by atoms with Crippen LogP contribution in [-0.4, -0.2) is 36.1 Å². The quantitative estimate of drug-likeness (QED) is 0.800. The van der Waals surface area contributed by atoms with Gasteiger partial charge in [0.25, 0.3) is 0 Å². The second-order valence-electron chi connectivity index (χ2n) is 6.55. The molecule has 0 N–H and O–H groups in total. The number of rotatable bonds is 1. The molecule has 1 saturated carbocycles. The summed E-state index contributed by atoms with van der Waals surface area (Å²) in [7, 11) is 0. The largest absolute Gasteiger partial charge is 0.447 e. The Morgan fingerprint density at radius 2 is 2.09 bits per heavy atom. The number of fused-ring (bicyclic) bond motifs is 3. The molecule has 0 radical (unpaired) electrons. The fraction of sp³-hybridized carbons (Fsp3) is 0.529. The molecule has 2 heterocycles. The monoisotopic (exact) mass is 318 g/mol. The van der Waals surface area contributed by atoms with Crippen LogP contribution in [0.15, 0.2) is 18.2 Å². The lowest BCUT2D eigenvalue weighted by atomic mass is 9.84. The van der Waals surface area contributed by atoms with E-state index >= 15 is 0 Å². The number of nitrogens with zero attached hydrogens (tertiary/aromatic N) is 2. The first-order chi connectivity index (χ1) is 11.1. The van der Waals surface area contributed by atoms with E-state index in [9.17, 15) is 14.0 Å². The van der Waals surface area contributed by atoms with Crippen molar-refractivity contribution in [1.29, 1.82) is 0 Å². The number of amides is 2. The predicted molar refractivity (Wildman–Crippen MR) is 81.4 cm³/mol. The van der Waals surface area contributed by atoms with E-state index in [1.54, 1.807) is 11.0 Å². The maximum atomic E-state index is 13.7. The summed E-state index contributed by atoms with van der Waals surface area (Å²) in [5.74, 6) is -0.0688. The molecule has 122 valence electrons. The molecule has 1 aromatic rings. The van der Waals surface area contributed by atoms with Crippen LogP contribution in [0.3, 0.4) is 0 Å². The molecule has 6 heteroatoms. The third-order valence-corrected chi connectivity index (χ3v) is 5.13. The predicted octanol–water partition coefficient (Wildman–Crippen LogP) is 2.68. The molecule has 1 aromatic carbocycles. The van der Waals surface area contributed by atoms with Gasteiger partial charge >= 0.3 is 6.09 Å². The molecule has 1 saturated heterocycles. The van der Waals surface area contributed by atoms with Crippen LogP contribution in [0, 0.1) is 11.7 Å². The highest BCUT2D eigenvalue weighted by Crippen LogP contribution is 2.34. The van der Waals surface area contributed by atoms with Gasteiger partial charge in [-0.1, -0.05) is 12.5 Å². The minimum atomic E-state index is -0.430. The standard InChI is InChI=1S/C17H19FN2O3/c18-13-5-4-12-9-19(16(21)11-2-1-3-11)7-6-14-10-23-17(22)20(14)15(12)8-13/h4-5,8,11,14H,1-3,6-7,9-10H2. The summed E-state index contributed by atoms with van der Waals surface area (Å²) >= 11 is 0. The van der Waals surface area contributed by atoms with Gasteiger partial charge in [-0.05, 0) is 37.0 Å². The van der Waals surface area contributed by atoms with E-state index in [1.807, 2.05) is 4.90 Å². The smallest absolute Gasteiger partial charge is 0.414 e. The van der Waals surface area contributed by atoms with Crippen LogP contribution in [0.25, 0.3) is 0 Å². The van der Waals surface area contributed by atoms with E-state index in [0.29, 0.717) is 31.8 Å². The normalized spacial score (nSPS) is 24.2. The molecule has 1 unspecified atom stereocenters. The zero-order valence-corrected chi connectivity index (χ0v) is 12.8. The molecule has 23 heavy (non-hydrogen) atoms. The highest BCUT2D eigenvalue weighted by molar-refractivity contribution is 5.91. The molecular formula is C17H19FN2O3. The van der Waals surface area contributed by atoms with E-state index < -0.39 is 6.09 Å². The SMILES string of the molecule is O=C(C1CCC1)N1CCC2COC(=O)N2c2cc(F)ccc2C1. The van der Waals surface area contributed by atoms with Crippen molar-refractivity contribution in [2.45, 2.75) is 38.3 Å². The van der Waals surface area contributed by atoms with Crippen molar-refractivity contribution in [2.24, 2.45) is 5.92 Å². The fourth-order valence-electron chi connectivity index (χ4n) is 3.55. The lowest BCUT2D eigenvalue weighted by molar-refractivity contribution is -0.139. The Hall–Kier alpha value is -2.11. The van der Waals surface area contributed by atoms with E-state index in [-0.39, 0.29) is 23.7 Å². The maximum Gasteiger partial charge on any atom is 0.414 e. The molecule has 2 fully saturated rings. The van der Waals surface area contributed by atoms with E-state index in [4.69, 9.17) is 4.74 Å². The van der Waals surface area contributed by atoms with E-state index in [2.05, 4.69) is 0 Å². The third-order valence-electron chi connectivity index (χ3n) is 5.13. The highest BCUT2D eigenvalue weighted by Gasteiger charge is 2.39. The summed E-state index contributed by atoms with van der Waals surface area (Å²) < 4.78 is 18.8. The van der Waals surface area contributed by atoms with Crippen LogP contribution in [0.1, 0.15) is 31.2 Å². The van der Waals surface area contributed by atoms with Gasteiger partial charge in [0.2, 0.25) is 5.91 Å². The molecule has 0 bridgehead atoms. The van der Waals surface area contributed by atoms with Crippen LogP contribution in [0.5, 0.6) is 0 Å². The number of anilines is 1. The highest BCUT2D eigenvalue weighted by atomic mass is 19.1. The van der Waals surface area contributed by atoms with Crippen molar-refractivity contribution in [2.75, 3.05) is 18.1 Å². The number of carbonyl (C=O) groups is 2. The topological polar surface area (TPSA) is 49.9 Å². The Balaban J connectivity index is 1.69. The average Bonchev–Trinajstić information content (AvgIpc) is 2.81. The minimum absolute atomic E-state index is 0.135. The van der Waals surface area contributed by atoms with Gasteiger partial charge in [-0.25, -0.2) is 9.18 Å². The number of hydrogen-bond acceptors (Lipinski definition) is 3. The number of halogens is 1. The summed E-state index contributed by atoms with van der Waals surface area (Å²) in [6.45, 7) is 1.31. The van der Waals surface area contributed by atoms with E-state index in [0.717, 1.165) is 24.8 Å². The Kier molecular flexibility index (Phi) is 3.47. The average molecular weight is 318 g/mol. The van der Waals surface area contributed by atoms with Gasteiger partial charge in [0.05, 0.1) is 11.7 Å². The molecule has 5 nitrogen and oxygen atoms in total. The first kappa shape index (κ1) is 14.5. The fourth-order valence-corrected chi connectivity index (χ4v) is 3.55. The number of ether oxygens (including phenoxy) is 1. The Morgan fingerprint density at radius 3 is 2.83 bits per heavy atom. The van der Waals surface area contributed by atoms with Gasteiger partial charge in [0, 0.05) is 19.0 Å². The molecule has 3 aliphatic rings. The molecule has 0 aromatic heterocycles. The first-order valence-corrected chi connectivity index (χ1v) is 8.16. The minimum Gasteiger partial charge on any atom is -0.447 e. The lowest BCUT2D eigenvalue weighted by Crippen LogP contribution is -2.44. The molecule has 0 spiro atoms. The van der Waals surface area contributed by atoms with Gasteiger partial charge in [-0.15, -0.1) is 0 Å². The molecular weight excluding hydrogens is 299 g/mol. The number of hydrogen-bond donors (Lipinski definition) is 0. The number of carbonyl (C=O) groups excluding carboxylic acids is 2. The Bertz CT molecular complexity index is 659. The molecule has 4 rings (SSSR count). The van der Waals surface area contributed by atoms with Crippen molar-refractivity contribution in [3.05, 3.63) is 29.6 Å². The number of cyclic esters (lactones) is 1. The lowest BCUT2D eigenvalue weighted by Gasteiger charge is -2.36. The summed E-state index contributed by atoms with van der Waals surface area (Å²) in [6, 6.07) is 4.27. The zero-order chi connectivity index (χ0) is 16.0. The summed E-state index contributed by atoms with van der Waals surface area (Å²) in [4.78, 5) is 28.1. The van der Waals surface area contributed by atoms with Crippen LogP contribution in [0.4, 0.5) is 14.9 Å². The third kappa shape index (κ3) is 2.46. The van der Waals surface area contributed by atoms with Crippen molar-refractivity contribution in [1.82, 2.24) is 4.90 Å². The molecule has 2 aliphatic heterocycles. The molecule has 2 amide bonds. The maximum absolute atomic E-state index is 13.7. The first-order valence-electron chi connectivity index (χ1n) is 8.16. The summed E-state index contributed by atoms with van der Waals surface area (Å²) in [6.07, 6.45) is 3.26. The zero-order valence-electron chi connectivity index (χ0n) is 12.8. The van der Waals surface area contributed by atoms with Gasteiger partial charge in [0.1, 0.15) is 12.4 Å². The number of benzene rings is 1. The van der Waals surface area contributed by atoms with Gasteiger partial charge in [-0.2, -0.15) is 0 Å². The van der Waals surface area contributed by atoms with E-state index in [1.165, 1.54) is 12.1 Å². The van der Waals surface area contributed by atoms with Gasteiger partial charge in [0.15, 0.2) is 0 Å². The summed E-state index contributed by atoms with van der Waals surface area (Å²) in [5.41, 5.74) is 1.33. The summed E-state index contributed by atoms with van der Waals surface area (Å²) in [5, 5.41) is 0. The van der Waals surface area contributed by atoms with Crippen molar-refractivity contribution >= 4 is 17.7 Å². The van der Waals surface area contributed by atoms with Crippen molar-refractivity contribution < 1.29 is 18.7 Å². The molecule has 1 aliphatic carbocycles. The van der Waals surface area contributed by atoms with Crippen molar-refractivity contribution in [3.63, 3.8) is 0 Å². The van der Waals surface area contributed by atoms with Crippen LogP contribution in [0.2, 0.25) is 0 Å². The van der Waals surface area contributed by atoms with Crippen LogP contribution < -0.4 is 4.90 Å². The van der Waals surface area contributed by atoms with Gasteiger partial charge in [-0.3, -0.25) is 9.69 Å². The Morgan fingerprint density at radius 1 is 1.26 bits per heavy atom. The van der Waals surface area contributed by atoms with Gasteiger partial charge < -0.3 is 9.64 Å². The van der Waals surface area contributed by atoms with Crippen LogP contribution in [-0.2, 0) is 16.1 Å². The molecule has 1 atom stereocenters. The van der Waals surface area contributed by atoms with Crippen molar-refractivity contribution in [3.8, 4) is 0 Å².